The molecule has 3 aromatic heterocycles. The Hall–Kier alpha value is -7.37. The smallest absolute Gasteiger partial charge is 0.164 e. The highest BCUT2D eigenvalue weighted by atomic mass is 16.3. The van der Waals surface area contributed by atoms with Gasteiger partial charge in [0.25, 0.3) is 0 Å². The van der Waals surface area contributed by atoms with Crippen LogP contribution in [-0.4, -0.2) is 19.5 Å². The van der Waals surface area contributed by atoms with Crippen molar-refractivity contribution in [2.75, 3.05) is 0 Å². The molecule has 0 radical (unpaired) electrons. The molecule has 0 spiro atoms. The van der Waals surface area contributed by atoms with Gasteiger partial charge in [-0.15, -0.1) is 0 Å². The van der Waals surface area contributed by atoms with Gasteiger partial charge in [0, 0.05) is 38.2 Å². The zero-order chi connectivity index (χ0) is 35.3. The van der Waals surface area contributed by atoms with Gasteiger partial charge in [0.05, 0.1) is 22.1 Å². The summed E-state index contributed by atoms with van der Waals surface area (Å²) >= 11 is 0. The van der Waals surface area contributed by atoms with E-state index in [2.05, 4.69) is 102 Å². The highest BCUT2D eigenvalue weighted by Crippen LogP contribution is 2.48. The van der Waals surface area contributed by atoms with Gasteiger partial charge >= 0.3 is 0 Å². The largest absolute Gasteiger partial charge is 0.456 e. The molecule has 0 amide bonds. The Kier molecular flexibility index (Phi) is 5.99. The number of hydrogen-bond acceptors (Lipinski definition) is 4. The average molecular weight is 689 g/mol. The predicted octanol–water partition coefficient (Wildman–Crippen LogP) is 12.8. The Balaban J connectivity index is 1.22. The van der Waals surface area contributed by atoms with Gasteiger partial charge < -0.3 is 8.98 Å². The molecule has 0 aliphatic rings. The van der Waals surface area contributed by atoms with Gasteiger partial charge in [-0.25, -0.2) is 15.0 Å². The van der Waals surface area contributed by atoms with Crippen LogP contribution in [0.3, 0.4) is 0 Å². The molecule has 250 valence electrons. The van der Waals surface area contributed by atoms with Crippen LogP contribution in [0.2, 0.25) is 0 Å². The van der Waals surface area contributed by atoms with E-state index in [1.54, 1.807) is 0 Å². The van der Waals surface area contributed by atoms with Crippen molar-refractivity contribution in [1.29, 1.82) is 0 Å². The number of rotatable bonds is 4. The molecule has 0 N–H and O–H groups in total. The number of hydrogen-bond donors (Lipinski definition) is 0. The standard InChI is InChI=1S/C49H28N4O/c1-3-14-29(15-4-1)47-50-48(30-16-5-2-6-17-30)52-49(51-47)36-23-12-26-40-44(36)45-38(25-13-27-41(45)54-40)53-37-24-11-22-35-33-20-9-10-21-34(33)42-32-19-8-7-18-31(32)28-39(53)46(42)43(35)37/h1-28H. The maximum Gasteiger partial charge on any atom is 0.164 e. The minimum absolute atomic E-state index is 0.594. The summed E-state index contributed by atoms with van der Waals surface area (Å²) < 4.78 is 9.15. The zero-order valence-electron chi connectivity index (χ0n) is 28.9. The van der Waals surface area contributed by atoms with E-state index in [0.29, 0.717) is 17.5 Å². The maximum absolute atomic E-state index is 6.70. The zero-order valence-corrected chi connectivity index (χ0v) is 28.9. The summed E-state index contributed by atoms with van der Waals surface area (Å²) in [6, 6.07) is 59.5. The first-order valence-electron chi connectivity index (χ1n) is 18.2. The lowest BCUT2D eigenvalue weighted by atomic mass is 9.91. The molecular weight excluding hydrogens is 661 g/mol. The van der Waals surface area contributed by atoms with E-state index in [9.17, 15) is 0 Å². The molecule has 5 heteroatoms. The second-order valence-corrected chi connectivity index (χ2v) is 13.9. The second-order valence-electron chi connectivity index (χ2n) is 13.9. The van der Waals surface area contributed by atoms with Gasteiger partial charge in [-0.05, 0) is 57.3 Å². The van der Waals surface area contributed by atoms with E-state index in [1.807, 2.05) is 72.8 Å². The van der Waals surface area contributed by atoms with Crippen molar-refractivity contribution in [3.63, 3.8) is 0 Å². The van der Waals surface area contributed by atoms with Crippen LogP contribution in [0, 0.1) is 0 Å². The van der Waals surface area contributed by atoms with E-state index >= 15 is 0 Å². The molecule has 0 saturated carbocycles. The Labute approximate surface area is 308 Å². The van der Waals surface area contributed by atoms with Crippen molar-refractivity contribution in [2.45, 2.75) is 0 Å². The summed E-state index contributed by atoms with van der Waals surface area (Å²) in [5.74, 6) is 1.84. The molecule has 9 aromatic carbocycles. The van der Waals surface area contributed by atoms with E-state index in [4.69, 9.17) is 19.4 Å². The fraction of sp³-hybridized carbons (Fsp3) is 0. The van der Waals surface area contributed by atoms with Crippen LogP contribution < -0.4 is 0 Å². The first-order valence-corrected chi connectivity index (χ1v) is 18.2. The van der Waals surface area contributed by atoms with Crippen molar-refractivity contribution in [3.8, 4) is 39.9 Å². The first-order chi connectivity index (χ1) is 26.8. The number of benzene rings is 9. The first kappa shape index (κ1) is 29.2. The van der Waals surface area contributed by atoms with Gasteiger partial charge in [0.2, 0.25) is 0 Å². The van der Waals surface area contributed by atoms with E-state index < -0.39 is 0 Å². The molecule has 3 heterocycles. The molecule has 5 nitrogen and oxygen atoms in total. The lowest BCUT2D eigenvalue weighted by Crippen LogP contribution is -2.00. The third kappa shape index (κ3) is 4.06. The van der Waals surface area contributed by atoms with Crippen LogP contribution >= 0.6 is 0 Å². The fourth-order valence-corrected chi connectivity index (χ4v) is 8.73. The summed E-state index contributed by atoms with van der Waals surface area (Å²) in [7, 11) is 0. The lowest BCUT2D eigenvalue weighted by Gasteiger charge is -2.12. The van der Waals surface area contributed by atoms with Crippen LogP contribution in [0.1, 0.15) is 0 Å². The maximum atomic E-state index is 6.70. The van der Waals surface area contributed by atoms with Gasteiger partial charge in [-0.3, -0.25) is 0 Å². The van der Waals surface area contributed by atoms with Gasteiger partial charge in [-0.2, -0.15) is 0 Å². The van der Waals surface area contributed by atoms with Gasteiger partial charge in [-0.1, -0.05) is 140 Å². The van der Waals surface area contributed by atoms with E-state index in [-0.39, 0.29) is 0 Å². The fourth-order valence-electron chi connectivity index (χ4n) is 8.73. The molecule has 0 bridgehead atoms. The Morgan fingerprint density at radius 3 is 1.70 bits per heavy atom. The summed E-state index contributed by atoms with van der Waals surface area (Å²) in [6.07, 6.45) is 0. The van der Waals surface area contributed by atoms with Crippen LogP contribution in [0.4, 0.5) is 0 Å². The molecule has 12 aromatic rings. The van der Waals surface area contributed by atoms with Crippen molar-refractivity contribution in [1.82, 2.24) is 19.5 Å². The normalized spacial score (nSPS) is 12.1. The minimum Gasteiger partial charge on any atom is -0.456 e. The number of nitrogens with zero attached hydrogens (tertiary/aromatic N) is 4. The molecule has 0 unspecified atom stereocenters. The third-order valence-corrected chi connectivity index (χ3v) is 11.0. The molecule has 0 saturated heterocycles. The molecule has 0 aliphatic heterocycles. The van der Waals surface area contributed by atoms with Crippen molar-refractivity contribution < 1.29 is 4.42 Å². The molecule has 12 rings (SSSR count). The second kappa shape index (κ2) is 11.1. The number of fused-ring (bicyclic) bond motifs is 8. The Morgan fingerprint density at radius 2 is 0.944 bits per heavy atom. The minimum atomic E-state index is 0.594. The molecule has 54 heavy (non-hydrogen) atoms. The summed E-state index contributed by atoms with van der Waals surface area (Å²) in [5.41, 5.74) is 7.70. The molecular formula is C49H28N4O. The monoisotopic (exact) mass is 688 g/mol. The summed E-state index contributed by atoms with van der Waals surface area (Å²) in [4.78, 5) is 15.3. The average Bonchev–Trinajstić information content (AvgIpc) is 3.79. The van der Waals surface area contributed by atoms with Crippen LogP contribution in [0.15, 0.2) is 174 Å². The van der Waals surface area contributed by atoms with E-state index in [0.717, 1.165) is 55.3 Å². The predicted molar refractivity (Wildman–Crippen MR) is 221 cm³/mol. The summed E-state index contributed by atoms with van der Waals surface area (Å²) in [6.45, 7) is 0. The van der Waals surface area contributed by atoms with Gasteiger partial charge in [0.15, 0.2) is 17.5 Å². The number of furan rings is 1. The van der Waals surface area contributed by atoms with Crippen molar-refractivity contribution in [2.24, 2.45) is 0 Å². The highest BCUT2D eigenvalue weighted by molar-refractivity contribution is 6.39. The van der Waals surface area contributed by atoms with Gasteiger partial charge in [0.1, 0.15) is 11.2 Å². The van der Waals surface area contributed by atoms with Crippen LogP contribution in [-0.2, 0) is 0 Å². The highest BCUT2D eigenvalue weighted by Gasteiger charge is 2.25. The topological polar surface area (TPSA) is 56.7 Å². The Bertz CT molecular complexity index is 3370. The van der Waals surface area contributed by atoms with Crippen LogP contribution in [0.5, 0.6) is 0 Å². The van der Waals surface area contributed by atoms with Crippen LogP contribution in [0.25, 0.3) is 116 Å². The molecule has 0 aliphatic carbocycles. The molecule has 0 fully saturated rings. The SMILES string of the molecule is c1ccc(-c2nc(-c3ccccc3)nc(-c3cccc4oc5cccc(-n6c7cccc8c9ccccc9c9c%10ccccc%10cc6c9c87)c5c34)n2)cc1. The molecule has 0 atom stereocenters. The van der Waals surface area contributed by atoms with Crippen molar-refractivity contribution in [3.05, 3.63) is 170 Å². The summed E-state index contributed by atoms with van der Waals surface area (Å²) in [5, 5.41) is 12.1. The number of aromatic nitrogens is 4. The lowest BCUT2D eigenvalue weighted by molar-refractivity contribution is 0.669. The Morgan fingerprint density at radius 1 is 0.370 bits per heavy atom. The van der Waals surface area contributed by atoms with E-state index in [1.165, 1.54) is 43.1 Å². The van der Waals surface area contributed by atoms with Crippen molar-refractivity contribution >= 4 is 76.1 Å². The third-order valence-electron chi connectivity index (χ3n) is 11.0. The quantitative estimate of drug-likeness (QED) is 0.173.